The molecule has 0 amide bonds. The smallest absolute Gasteiger partial charge is 0.159 e. The second-order valence-electron chi connectivity index (χ2n) is 14.6. The van der Waals surface area contributed by atoms with Gasteiger partial charge in [-0.25, -0.2) is 0 Å². The third-order valence-electron chi connectivity index (χ3n) is 11.1. The molecule has 8 aromatic carbocycles. The second-order valence-corrected chi connectivity index (χ2v) is 14.6. The molecule has 252 valence electrons. The lowest BCUT2D eigenvalue weighted by atomic mass is 9.81. The summed E-state index contributed by atoms with van der Waals surface area (Å²) in [6, 6.07) is 67.6. The lowest BCUT2D eigenvalue weighted by molar-refractivity contribution is 0.660. The molecular weight excluding hydrogens is 643 g/mol. The van der Waals surface area contributed by atoms with Crippen LogP contribution in [0.1, 0.15) is 25.0 Å². The van der Waals surface area contributed by atoms with Gasteiger partial charge in [0.1, 0.15) is 5.58 Å². The van der Waals surface area contributed by atoms with Crippen molar-refractivity contribution < 1.29 is 4.42 Å². The molecule has 0 fully saturated rings. The van der Waals surface area contributed by atoms with E-state index < -0.39 is 0 Å². The summed E-state index contributed by atoms with van der Waals surface area (Å²) in [5, 5.41) is 2.21. The summed E-state index contributed by atoms with van der Waals surface area (Å²) in [4.78, 5) is 2.31. The van der Waals surface area contributed by atoms with Crippen molar-refractivity contribution in [2.45, 2.75) is 19.3 Å². The van der Waals surface area contributed by atoms with Crippen molar-refractivity contribution in [2.75, 3.05) is 4.90 Å². The summed E-state index contributed by atoms with van der Waals surface area (Å²) < 4.78 is 6.90. The summed E-state index contributed by atoms with van der Waals surface area (Å²) in [6.45, 7) is 4.67. The number of fused-ring (bicyclic) bond motifs is 6. The van der Waals surface area contributed by atoms with Gasteiger partial charge in [0.25, 0.3) is 0 Å². The molecule has 1 aromatic heterocycles. The van der Waals surface area contributed by atoms with Crippen molar-refractivity contribution in [1.29, 1.82) is 0 Å². The lowest BCUT2D eigenvalue weighted by Gasteiger charge is -2.26. The van der Waals surface area contributed by atoms with Gasteiger partial charge in [-0.3, -0.25) is 0 Å². The first-order valence-electron chi connectivity index (χ1n) is 18.3. The Kier molecular flexibility index (Phi) is 7.19. The van der Waals surface area contributed by atoms with E-state index in [-0.39, 0.29) is 5.41 Å². The number of anilines is 3. The van der Waals surface area contributed by atoms with E-state index in [0.29, 0.717) is 0 Å². The first-order valence-corrected chi connectivity index (χ1v) is 18.3. The molecule has 0 bridgehead atoms. The Hall–Kier alpha value is -6.64. The number of rotatable bonds is 6. The van der Waals surface area contributed by atoms with Gasteiger partial charge < -0.3 is 9.32 Å². The molecule has 1 heterocycles. The van der Waals surface area contributed by atoms with Crippen LogP contribution in [0.2, 0.25) is 0 Å². The van der Waals surface area contributed by atoms with E-state index in [1.165, 1.54) is 50.1 Å². The normalized spacial score (nSPS) is 12.9. The molecule has 0 radical (unpaired) electrons. The fourth-order valence-electron chi connectivity index (χ4n) is 8.32. The van der Waals surface area contributed by atoms with Gasteiger partial charge in [0.2, 0.25) is 0 Å². The van der Waals surface area contributed by atoms with Crippen LogP contribution in [-0.2, 0) is 5.41 Å². The second kappa shape index (κ2) is 12.3. The number of hydrogen-bond donors (Lipinski definition) is 0. The zero-order chi connectivity index (χ0) is 35.5. The van der Waals surface area contributed by atoms with Gasteiger partial charge >= 0.3 is 0 Å². The Bertz CT molecular complexity index is 2690. The van der Waals surface area contributed by atoms with E-state index in [2.05, 4.69) is 207 Å². The molecule has 0 aliphatic heterocycles. The van der Waals surface area contributed by atoms with Gasteiger partial charge in [-0.05, 0) is 104 Å². The van der Waals surface area contributed by atoms with Gasteiger partial charge in [-0.15, -0.1) is 0 Å². The van der Waals surface area contributed by atoms with Crippen LogP contribution in [0, 0.1) is 0 Å². The highest BCUT2D eigenvalue weighted by Crippen LogP contribution is 2.50. The van der Waals surface area contributed by atoms with Crippen LogP contribution < -0.4 is 4.90 Å². The standard InChI is InChI=1S/C51H37NO/c1-51(2)46-18-10-9-16-42(46)43-30-24-38(32-47(43)51)39-25-31-44-45-17-11-19-48(50(45)53-49(44)33-39)52(40-26-20-36(21-27-40)34-12-5-3-6-13-34)41-28-22-37(23-29-41)35-14-7-4-8-15-35/h3-33H,1-2H3. The molecule has 1 aliphatic carbocycles. The highest BCUT2D eigenvalue weighted by Gasteiger charge is 2.35. The predicted molar refractivity (Wildman–Crippen MR) is 222 cm³/mol. The van der Waals surface area contributed by atoms with Crippen molar-refractivity contribution in [3.8, 4) is 44.5 Å². The predicted octanol–water partition coefficient (Wildman–Crippen LogP) is 14.4. The fraction of sp³-hybridized carbons (Fsp3) is 0.0588. The van der Waals surface area contributed by atoms with Gasteiger partial charge in [0.05, 0.1) is 5.69 Å². The monoisotopic (exact) mass is 679 g/mol. The number of nitrogens with zero attached hydrogens (tertiary/aromatic N) is 1. The Morgan fingerprint density at radius 3 is 1.58 bits per heavy atom. The van der Waals surface area contributed by atoms with Crippen LogP contribution in [-0.4, -0.2) is 0 Å². The van der Waals surface area contributed by atoms with Crippen LogP contribution in [0.25, 0.3) is 66.4 Å². The Morgan fingerprint density at radius 2 is 0.925 bits per heavy atom. The van der Waals surface area contributed by atoms with Gasteiger partial charge in [0.15, 0.2) is 5.58 Å². The van der Waals surface area contributed by atoms with Gasteiger partial charge in [-0.2, -0.15) is 0 Å². The highest BCUT2D eigenvalue weighted by atomic mass is 16.3. The fourth-order valence-corrected chi connectivity index (χ4v) is 8.32. The molecule has 53 heavy (non-hydrogen) atoms. The summed E-state index contributed by atoms with van der Waals surface area (Å²) in [5.41, 5.74) is 17.4. The number of hydrogen-bond acceptors (Lipinski definition) is 2. The topological polar surface area (TPSA) is 16.4 Å². The number of para-hydroxylation sites is 1. The quantitative estimate of drug-likeness (QED) is 0.174. The summed E-state index contributed by atoms with van der Waals surface area (Å²) in [7, 11) is 0. The molecular formula is C51H37NO. The van der Waals surface area contributed by atoms with Crippen molar-refractivity contribution in [1.82, 2.24) is 0 Å². The van der Waals surface area contributed by atoms with Crippen molar-refractivity contribution >= 4 is 39.0 Å². The van der Waals surface area contributed by atoms with E-state index in [0.717, 1.165) is 44.6 Å². The van der Waals surface area contributed by atoms with E-state index in [1.807, 2.05) is 0 Å². The lowest BCUT2D eigenvalue weighted by Crippen LogP contribution is -2.14. The van der Waals surface area contributed by atoms with Crippen LogP contribution in [0.15, 0.2) is 192 Å². The summed E-state index contributed by atoms with van der Waals surface area (Å²) in [5.74, 6) is 0. The Labute approximate surface area is 310 Å². The summed E-state index contributed by atoms with van der Waals surface area (Å²) in [6.07, 6.45) is 0. The maximum absolute atomic E-state index is 6.90. The molecule has 10 rings (SSSR count). The molecule has 0 spiro atoms. The molecule has 0 N–H and O–H groups in total. The molecule has 0 saturated heterocycles. The first kappa shape index (κ1) is 31.1. The highest BCUT2D eigenvalue weighted by molar-refractivity contribution is 6.11. The number of benzene rings is 8. The van der Waals surface area contributed by atoms with Crippen molar-refractivity contribution in [3.05, 3.63) is 199 Å². The third kappa shape index (κ3) is 5.18. The molecule has 0 unspecified atom stereocenters. The first-order chi connectivity index (χ1) is 26.0. The minimum absolute atomic E-state index is 0.0532. The van der Waals surface area contributed by atoms with Gasteiger partial charge in [-0.1, -0.05) is 153 Å². The number of furan rings is 1. The largest absolute Gasteiger partial charge is 0.454 e. The molecule has 1 aliphatic rings. The van der Waals surface area contributed by atoms with Crippen molar-refractivity contribution in [3.63, 3.8) is 0 Å². The zero-order valence-corrected chi connectivity index (χ0v) is 29.8. The Balaban J connectivity index is 1.09. The average Bonchev–Trinajstić information content (AvgIpc) is 3.71. The van der Waals surface area contributed by atoms with E-state index >= 15 is 0 Å². The average molecular weight is 680 g/mol. The zero-order valence-electron chi connectivity index (χ0n) is 29.8. The van der Waals surface area contributed by atoms with Gasteiger partial charge in [0, 0.05) is 27.6 Å². The van der Waals surface area contributed by atoms with E-state index in [4.69, 9.17) is 4.42 Å². The van der Waals surface area contributed by atoms with Crippen LogP contribution >= 0.6 is 0 Å². The molecule has 2 nitrogen and oxygen atoms in total. The molecule has 0 saturated carbocycles. The van der Waals surface area contributed by atoms with Crippen LogP contribution in [0.3, 0.4) is 0 Å². The van der Waals surface area contributed by atoms with E-state index in [9.17, 15) is 0 Å². The van der Waals surface area contributed by atoms with Crippen molar-refractivity contribution in [2.24, 2.45) is 0 Å². The SMILES string of the molecule is CC1(C)c2ccccc2-c2ccc(-c3ccc4c(c3)oc3c(N(c5ccc(-c6ccccc6)cc5)c5ccc(-c6ccccc6)cc5)cccc34)cc21. The molecule has 0 atom stereocenters. The molecule has 2 heteroatoms. The van der Waals surface area contributed by atoms with Crippen LogP contribution in [0.5, 0.6) is 0 Å². The minimum Gasteiger partial charge on any atom is -0.454 e. The third-order valence-corrected chi connectivity index (χ3v) is 11.1. The molecule has 9 aromatic rings. The maximum atomic E-state index is 6.90. The minimum atomic E-state index is -0.0532. The van der Waals surface area contributed by atoms with E-state index in [1.54, 1.807) is 0 Å². The Morgan fingerprint density at radius 1 is 0.396 bits per heavy atom. The summed E-state index contributed by atoms with van der Waals surface area (Å²) >= 11 is 0. The maximum Gasteiger partial charge on any atom is 0.159 e. The van der Waals surface area contributed by atoms with Crippen LogP contribution in [0.4, 0.5) is 17.1 Å².